The molecule has 1 N–H and O–H groups in total. The van der Waals surface area contributed by atoms with Gasteiger partial charge >= 0.3 is 5.97 Å². The van der Waals surface area contributed by atoms with Gasteiger partial charge < -0.3 is 9.72 Å². The molecule has 0 fully saturated rings. The van der Waals surface area contributed by atoms with E-state index in [1.165, 1.54) is 4.88 Å². The van der Waals surface area contributed by atoms with Crippen LogP contribution in [0.5, 0.6) is 0 Å². The van der Waals surface area contributed by atoms with E-state index < -0.39 is 5.97 Å². The van der Waals surface area contributed by atoms with Crippen LogP contribution in [0.2, 0.25) is 0 Å². The molecule has 6 heteroatoms. The quantitative estimate of drug-likeness (QED) is 0.510. The maximum absolute atomic E-state index is 12.5. The van der Waals surface area contributed by atoms with Crippen molar-refractivity contribution >= 4 is 27.5 Å². The molecule has 5 nitrogen and oxygen atoms in total. The van der Waals surface area contributed by atoms with Crippen LogP contribution < -0.4 is 5.56 Å². The molecule has 2 heterocycles. The molecule has 0 aliphatic heterocycles. The van der Waals surface area contributed by atoms with Gasteiger partial charge in [-0.3, -0.25) is 4.79 Å². The first kappa shape index (κ1) is 17.8. The molecular formula is C23H18N2O3S. The number of carbonyl (C=O) groups excluding carboxylic acids is 1. The Hall–Kier alpha value is -3.25. The Bertz CT molecular complexity index is 1260. The first-order valence-electron chi connectivity index (χ1n) is 9.55. The molecule has 4 aromatic rings. The average Bonchev–Trinajstić information content (AvgIpc) is 3.34. The molecule has 0 amide bonds. The summed E-state index contributed by atoms with van der Waals surface area (Å²) in [6.45, 7) is -0.0625. The summed E-state index contributed by atoms with van der Waals surface area (Å²) in [5, 5.41) is 0.703. The third-order valence-electron chi connectivity index (χ3n) is 5.19. The van der Waals surface area contributed by atoms with Gasteiger partial charge in [0.1, 0.15) is 17.3 Å². The molecule has 0 unspecified atom stereocenters. The number of aromatic amines is 1. The highest BCUT2D eigenvalue weighted by Crippen LogP contribution is 2.34. The number of aryl methyl sites for hydroxylation is 2. The van der Waals surface area contributed by atoms with Crippen LogP contribution in [0, 0.1) is 0 Å². The first-order valence-corrected chi connectivity index (χ1v) is 10.4. The first-order chi connectivity index (χ1) is 14.2. The number of rotatable bonds is 4. The van der Waals surface area contributed by atoms with E-state index in [2.05, 4.69) is 9.97 Å². The summed E-state index contributed by atoms with van der Waals surface area (Å²) < 4.78 is 5.37. The fourth-order valence-corrected chi connectivity index (χ4v) is 5.04. The smallest absolute Gasteiger partial charge is 0.338 e. The summed E-state index contributed by atoms with van der Waals surface area (Å²) in [7, 11) is 0. The topological polar surface area (TPSA) is 72.0 Å². The largest absolute Gasteiger partial charge is 0.454 e. The number of nitrogens with one attached hydrogen (secondary N) is 1. The highest BCUT2D eigenvalue weighted by Gasteiger charge is 2.21. The molecule has 0 saturated heterocycles. The lowest BCUT2D eigenvalue weighted by molar-refractivity contribution is 0.0462. The van der Waals surface area contributed by atoms with Crippen LogP contribution >= 0.6 is 11.3 Å². The molecule has 1 aliphatic carbocycles. The number of H-pyrrole nitrogens is 1. The Morgan fingerprint density at radius 2 is 1.79 bits per heavy atom. The predicted octanol–water partition coefficient (Wildman–Crippen LogP) is 4.50. The van der Waals surface area contributed by atoms with Crippen molar-refractivity contribution in [3.63, 3.8) is 0 Å². The zero-order valence-corrected chi connectivity index (χ0v) is 16.4. The number of hydrogen-bond acceptors (Lipinski definition) is 5. The minimum atomic E-state index is -0.443. The lowest BCUT2D eigenvalue weighted by atomic mass is 10.0. The molecular weight excluding hydrogens is 384 g/mol. The van der Waals surface area contributed by atoms with Crippen LogP contribution in [0.3, 0.4) is 0 Å². The van der Waals surface area contributed by atoms with Crippen molar-refractivity contribution in [3.05, 3.63) is 86.8 Å². The van der Waals surface area contributed by atoms with Crippen molar-refractivity contribution in [1.29, 1.82) is 0 Å². The number of ether oxygens (including phenoxy) is 1. The molecule has 0 radical (unpaired) electrons. The summed E-state index contributed by atoms with van der Waals surface area (Å²) in [5.74, 6) is -0.0716. The molecule has 0 bridgehead atoms. The van der Waals surface area contributed by atoms with Gasteiger partial charge in [-0.2, -0.15) is 0 Å². The zero-order valence-electron chi connectivity index (χ0n) is 15.6. The lowest BCUT2D eigenvalue weighted by Crippen LogP contribution is -2.14. The fraction of sp³-hybridized carbons (Fsp3) is 0.174. The second kappa shape index (κ2) is 7.29. The third kappa shape index (κ3) is 3.36. The summed E-state index contributed by atoms with van der Waals surface area (Å²) in [6.07, 6.45) is 3.05. The Kier molecular flexibility index (Phi) is 4.48. The fourth-order valence-electron chi connectivity index (χ4n) is 3.76. The standard InChI is InChI=1S/C23H18N2O3S/c26-21-20-17-7-4-8-18(17)29-22(20)25-19(24-21)13-28-23(27)16-11-9-15(10-12-16)14-5-2-1-3-6-14/h1-3,5-6,9-12H,4,7-8,13H2,(H,24,25,26). The molecule has 1 aliphatic rings. The van der Waals surface area contributed by atoms with Gasteiger partial charge in [-0.15, -0.1) is 11.3 Å². The van der Waals surface area contributed by atoms with Gasteiger partial charge in [0.15, 0.2) is 0 Å². The summed E-state index contributed by atoms with van der Waals surface area (Å²) in [6, 6.07) is 17.2. The van der Waals surface area contributed by atoms with Crippen LogP contribution in [0.15, 0.2) is 59.4 Å². The van der Waals surface area contributed by atoms with Crippen molar-refractivity contribution in [3.8, 4) is 11.1 Å². The van der Waals surface area contributed by atoms with Gasteiger partial charge in [0.25, 0.3) is 5.56 Å². The minimum Gasteiger partial charge on any atom is -0.454 e. The maximum Gasteiger partial charge on any atom is 0.338 e. The van der Waals surface area contributed by atoms with Gasteiger partial charge in [0.05, 0.1) is 10.9 Å². The van der Waals surface area contributed by atoms with E-state index in [9.17, 15) is 9.59 Å². The second-order valence-electron chi connectivity index (χ2n) is 7.07. The Morgan fingerprint density at radius 3 is 2.59 bits per heavy atom. The van der Waals surface area contributed by atoms with Crippen molar-refractivity contribution in [2.75, 3.05) is 0 Å². The SMILES string of the molecule is O=C(OCc1nc2sc3c(c2c(=O)[nH]1)CCC3)c1ccc(-c2ccccc2)cc1. The van der Waals surface area contributed by atoms with Gasteiger partial charge in [-0.05, 0) is 48.1 Å². The maximum atomic E-state index is 12.5. The van der Waals surface area contributed by atoms with Crippen LogP contribution in [0.1, 0.15) is 33.0 Å². The van der Waals surface area contributed by atoms with Crippen LogP contribution in [0.4, 0.5) is 0 Å². The summed E-state index contributed by atoms with van der Waals surface area (Å²) >= 11 is 1.57. The van der Waals surface area contributed by atoms with Crippen molar-refractivity contribution in [2.24, 2.45) is 0 Å². The zero-order chi connectivity index (χ0) is 19.8. The van der Waals surface area contributed by atoms with Gasteiger partial charge in [0, 0.05) is 4.88 Å². The van der Waals surface area contributed by atoms with Gasteiger partial charge in [0.2, 0.25) is 0 Å². The predicted molar refractivity (Wildman–Crippen MR) is 113 cm³/mol. The third-order valence-corrected chi connectivity index (χ3v) is 6.38. The van der Waals surface area contributed by atoms with Gasteiger partial charge in [-0.25, -0.2) is 9.78 Å². The monoisotopic (exact) mass is 402 g/mol. The molecule has 2 aromatic carbocycles. The average molecular weight is 402 g/mol. The molecule has 2 aromatic heterocycles. The number of esters is 1. The lowest BCUT2D eigenvalue weighted by Gasteiger charge is -2.06. The van der Waals surface area contributed by atoms with E-state index >= 15 is 0 Å². The number of thiophene rings is 1. The summed E-state index contributed by atoms with van der Waals surface area (Å²) in [5.41, 5.74) is 3.58. The van der Waals surface area contributed by atoms with E-state index in [-0.39, 0.29) is 12.2 Å². The molecule has 0 spiro atoms. The van der Waals surface area contributed by atoms with Gasteiger partial charge in [-0.1, -0.05) is 42.5 Å². The second-order valence-corrected chi connectivity index (χ2v) is 8.15. The van der Waals surface area contributed by atoms with Crippen molar-refractivity contribution < 1.29 is 9.53 Å². The van der Waals surface area contributed by atoms with E-state index in [0.29, 0.717) is 16.8 Å². The molecule has 144 valence electrons. The number of aromatic nitrogens is 2. The Labute approximate surface area is 171 Å². The highest BCUT2D eigenvalue weighted by molar-refractivity contribution is 7.18. The van der Waals surface area contributed by atoms with E-state index in [4.69, 9.17) is 4.74 Å². The Morgan fingerprint density at radius 1 is 1.03 bits per heavy atom. The van der Waals surface area contributed by atoms with Crippen LogP contribution in [0.25, 0.3) is 21.3 Å². The summed E-state index contributed by atoms with van der Waals surface area (Å²) in [4.78, 5) is 34.1. The van der Waals surface area contributed by atoms with Crippen LogP contribution in [-0.4, -0.2) is 15.9 Å². The Balaban J connectivity index is 1.31. The van der Waals surface area contributed by atoms with E-state index in [1.54, 1.807) is 23.5 Å². The van der Waals surface area contributed by atoms with Crippen molar-refractivity contribution in [1.82, 2.24) is 9.97 Å². The number of carbonyl (C=O) groups is 1. The molecule has 0 saturated carbocycles. The minimum absolute atomic E-state index is 0.0625. The molecule has 0 atom stereocenters. The normalized spacial score (nSPS) is 12.8. The number of nitrogens with zero attached hydrogens (tertiary/aromatic N) is 1. The number of hydrogen-bond donors (Lipinski definition) is 1. The number of benzene rings is 2. The van der Waals surface area contributed by atoms with Crippen LogP contribution in [-0.2, 0) is 24.2 Å². The highest BCUT2D eigenvalue weighted by atomic mass is 32.1. The number of fused-ring (bicyclic) bond motifs is 3. The molecule has 29 heavy (non-hydrogen) atoms. The molecule has 5 rings (SSSR count). The van der Waals surface area contributed by atoms with E-state index in [1.807, 2.05) is 42.5 Å². The van der Waals surface area contributed by atoms with E-state index in [0.717, 1.165) is 40.8 Å². The van der Waals surface area contributed by atoms with Crippen molar-refractivity contribution in [2.45, 2.75) is 25.9 Å².